The lowest BCUT2D eigenvalue weighted by atomic mass is 9.78. The summed E-state index contributed by atoms with van der Waals surface area (Å²) in [4.78, 5) is 58.4. The summed E-state index contributed by atoms with van der Waals surface area (Å²) in [6, 6.07) is 58.3. The zero-order valence-electron chi connectivity index (χ0n) is 42.6. The number of hydrogen-bond donors (Lipinski definition) is 3. The molecule has 11 heteroatoms. The fraction of sp³-hybridized carbons (Fsp3) is 0.344. The van der Waals surface area contributed by atoms with Crippen LogP contribution in [0.5, 0.6) is 0 Å². The molecule has 6 aromatic rings. The first kappa shape index (κ1) is 53.5. The molecule has 1 aliphatic carbocycles. The Bertz CT molecular complexity index is 2500. The predicted octanol–water partition coefficient (Wildman–Crippen LogP) is 12.2. The van der Waals surface area contributed by atoms with Gasteiger partial charge in [0.2, 0.25) is 11.8 Å². The van der Waals surface area contributed by atoms with Crippen LogP contribution in [-0.2, 0) is 33.4 Å². The van der Waals surface area contributed by atoms with Crippen molar-refractivity contribution in [3.63, 3.8) is 0 Å². The number of carbonyl (C=O) groups excluding carboxylic acids is 4. The van der Waals surface area contributed by atoms with Crippen molar-refractivity contribution >= 4 is 47.4 Å². The number of amides is 3. The number of nitrogens with one attached hydrogen (secondary N) is 3. The largest absolute Gasteiger partial charge is 0.458 e. The summed E-state index contributed by atoms with van der Waals surface area (Å²) in [5.41, 5.74) is 3.33. The third kappa shape index (κ3) is 12.6. The summed E-state index contributed by atoms with van der Waals surface area (Å²) in [5.74, 6) is -1.04. The van der Waals surface area contributed by atoms with Crippen LogP contribution in [-0.4, -0.2) is 64.7 Å². The highest BCUT2D eigenvalue weighted by molar-refractivity contribution is 8.01. The Balaban J connectivity index is 1.21. The number of hydrogen-bond acceptors (Lipinski definition) is 8. The smallest absolute Gasteiger partial charge is 0.408 e. The van der Waals surface area contributed by atoms with Crippen LogP contribution in [0.4, 0.5) is 4.79 Å². The molecule has 0 saturated heterocycles. The lowest BCUT2D eigenvalue weighted by Gasteiger charge is -2.39. The van der Waals surface area contributed by atoms with Gasteiger partial charge in [0.25, 0.3) is 0 Å². The summed E-state index contributed by atoms with van der Waals surface area (Å²) in [6.07, 6.45) is 1.73. The van der Waals surface area contributed by atoms with E-state index in [1.54, 1.807) is 44.3 Å². The van der Waals surface area contributed by atoms with Crippen LogP contribution >= 0.6 is 23.5 Å². The second-order valence-corrected chi connectivity index (χ2v) is 23.0. The summed E-state index contributed by atoms with van der Waals surface area (Å²) in [5, 5.41) is 9.35. The lowest BCUT2D eigenvalue weighted by molar-refractivity contribution is -0.159. The maximum absolute atomic E-state index is 15.3. The van der Waals surface area contributed by atoms with Gasteiger partial charge in [-0.1, -0.05) is 195 Å². The monoisotopic (exact) mass is 1000 g/mol. The van der Waals surface area contributed by atoms with E-state index in [1.807, 2.05) is 137 Å². The first-order valence-corrected chi connectivity index (χ1v) is 26.9. The SMILES string of the molecule is CC(NC(=O)[C@H](CSC(c1ccccc1)(c1ccccc1)c1ccccc1)NC(=O)OC(C)(C)C)C1(C(=O)N[C@@H](CSC(c2ccccc2)(c2ccccc2)c2ccccc2)C(=O)OC(C)(C)C)CCCC1. The van der Waals surface area contributed by atoms with Crippen LogP contribution < -0.4 is 16.0 Å². The Morgan fingerprint density at radius 3 is 1.11 bits per heavy atom. The molecule has 1 aliphatic rings. The molecule has 3 atom stereocenters. The molecule has 0 heterocycles. The second kappa shape index (κ2) is 23.5. The lowest BCUT2D eigenvalue weighted by Crippen LogP contribution is -2.59. The van der Waals surface area contributed by atoms with Crippen molar-refractivity contribution in [3.05, 3.63) is 215 Å². The highest BCUT2D eigenvalue weighted by atomic mass is 32.2. The van der Waals surface area contributed by atoms with E-state index in [9.17, 15) is 9.59 Å². The molecule has 0 spiro atoms. The molecule has 376 valence electrons. The number of benzene rings is 6. The molecule has 0 aliphatic heterocycles. The normalized spacial score (nSPS) is 15.0. The molecular weight excluding hydrogens is 935 g/mol. The van der Waals surface area contributed by atoms with Gasteiger partial charge in [-0.15, -0.1) is 23.5 Å². The third-order valence-corrected chi connectivity index (χ3v) is 16.4. The van der Waals surface area contributed by atoms with Crippen LogP contribution in [0, 0.1) is 5.41 Å². The van der Waals surface area contributed by atoms with Crippen molar-refractivity contribution in [2.45, 2.75) is 113 Å². The van der Waals surface area contributed by atoms with E-state index in [1.165, 1.54) is 0 Å². The Labute approximate surface area is 435 Å². The van der Waals surface area contributed by atoms with Gasteiger partial charge in [0.05, 0.1) is 14.9 Å². The molecule has 1 saturated carbocycles. The van der Waals surface area contributed by atoms with E-state index >= 15 is 9.59 Å². The molecule has 0 radical (unpaired) electrons. The number of alkyl carbamates (subject to hydrolysis) is 1. The minimum Gasteiger partial charge on any atom is -0.458 e. The van der Waals surface area contributed by atoms with Gasteiger partial charge in [0, 0.05) is 17.5 Å². The van der Waals surface area contributed by atoms with Crippen molar-refractivity contribution in [3.8, 4) is 0 Å². The Hall–Kier alpha value is -6.30. The summed E-state index contributed by atoms with van der Waals surface area (Å²) < 4.78 is 10.3. The molecule has 3 N–H and O–H groups in total. The van der Waals surface area contributed by atoms with Gasteiger partial charge >= 0.3 is 12.1 Å². The van der Waals surface area contributed by atoms with Gasteiger partial charge in [0.1, 0.15) is 23.3 Å². The van der Waals surface area contributed by atoms with Crippen molar-refractivity contribution in [1.82, 2.24) is 16.0 Å². The number of thioether (sulfide) groups is 2. The molecule has 0 bridgehead atoms. The van der Waals surface area contributed by atoms with Crippen molar-refractivity contribution in [2.75, 3.05) is 11.5 Å². The van der Waals surface area contributed by atoms with E-state index < -0.39 is 62.2 Å². The molecule has 9 nitrogen and oxygen atoms in total. The number of ether oxygens (including phenoxy) is 2. The van der Waals surface area contributed by atoms with Gasteiger partial charge in [-0.2, -0.15) is 0 Å². The van der Waals surface area contributed by atoms with Crippen molar-refractivity contribution in [1.29, 1.82) is 0 Å². The van der Waals surface area contributed by atoms with E-state index in [2.05, 4.69) is 88.7 Å². The van der Waals surface area contributed by atoms with Gasteiger partial charge < -0.3 is 25.4 Å². The van der Waals surface area contributed by atoms with E-state index in [0.29, 0.717) is 12.8 Å². The maximum atomic E-state index is 15.3. The molecule has 0 aromatic heterocycles. The van der Waals surface area contributed by atoms with Gasteiger partial charge in [-0.3, -0.25) is 9.59 Å². The minimum absolute atomic E-state index is 0.139. The Morgan fingerprint density at radius 1 is 0.472 bits per heavy atom. The molecule has 7 rings (SSSR count). The zero-order chi connectivity index (χ0) is 51.4. The van der Waals surface area contributed by atoms with Gasteiger partial charge in [-0.05, 0) is 94.7 Å². The van der Waals surface area contributed by atoms with E-state index in [-0.39, 0.29) is 17.4 Å². The summed E-state index contributed by atoms with van der Waals surface area (Å²) in [7, 11) is 0. The number of rotatable bonds is 19. The van der Waals surface area contributed by atoms with Gasteiger partial charge in [-0.25, -0.2) is 9.59 Å². The van der Waals surface area contributed by atoms with E-state index in [4.69, 9.17) is 9.47 Å². The molecule has 1 fully saturated rings. The van der Waals surface area contributed by atoms with Crippen LogP contribution in [0.3, 0.4) is 0 Å². The standard InChI is InChI=1S/C61H69N3O6S2/c1-44(62-53(65)51(64-56(68)70-58(5,6)7)42-71-60(45-28-14-8-15-29-45,46-30-16-9-17-31-46)47-32-18-10-19-33-47)59(40-26-27-41-59)55(67)63-52(54(66)69-57(2,3)4)43-72-61(48-34-20-11-21-35-48,49-36-22-12-23-37-49)50-38-24-13-25-39-50/h8-25,28-39,44,51-52H,26-27,40-43H2,1-7H3,(H,62,65)(H,63,67)(H,64,68)/t44?,51-,52-/m0/s1. The molecule has 1 unspecified atom stereocenters. The topological polar surface area (TPSA) is 123 Å². The Morgan fingerprint density at radius 2 is 0.792 bits per heavy atom. The zero-order valence-corrected chi connectivity index (χ0v) is 44.2. The molecular formula is C61H69N3O6S2. The minimum atomic E-state index is -1.09. The van der Waals surface area contributed by atoms with Crippen LogP contribution in [0.2, 0.25) is 0 Å². The first-order valence-electron chi connectivity index (χ1n) is 24.9. The van der Waals surface area contributed by atoms with Crippen molar-refractivity contribution < 1.29 is 28.7 Å². The van der Waals surface area contributed by atoms with Crippen LogP contribution in [0.1, 0.15) is 108 Å². The van der Waals surface area contributed by atoms with E-state index in [0.717, 1.165) is 46.2 Å². The highest BCUT2D eigenvalue weighted by Crippen LogP contribution is 2.50. The highest BCUT2D eigenvalue weighted by Gasteiger charge is 2.49. The quantitative estimate of drug-likeness (QED) is 0.0542. The molecule has 72 heavy (non-hydrogen) atoms. The first-order chi connectivity index (χ1) is 34.5. The average Bonchev–Trinajstić information content (AvgIpc) is 3.89. The second-order valence-electron chi connectivity index (χ2n) is 20.5. The third-order valence-electron chi connectivity index (χ3n) is 13.2. The molecule has 6 aromatic carbocycles. The van der Waals surface area contributed by atoms with Crippen LogP contribution in [0.25, 0.3) is 0 Å². The average molecular weight is 1000 g/mol. The maximum Gasteiger partial charge on any atom is 0.408 e. The number of esters is 1. The van der Waals surface area contributed by atoms with Crippen LogP contribution in [0.15, 0.2) is 182 Å². The Kier molecular flexibility index (Phi) is 17.5. The molecule has 3 amide bonds. The summed E-state index contributed by atoms with van der Waals surface area (Å²) in [6.45, 7) is 12.6. The predicted molar refractivity (Wildman–Crippen MR) is 293 cm³/mol. The summed E-state index contributed by atoms with van der Waals surface area (Å²) >= 11 is 3.11. The number of carbonyl (C=O) groups is 4. The fourth-order valence-electron chi connectivity index (χ4n) is 9.74. The fourth-order valence-corrected chi connectivity index (χ4v) is 12.8. The van der Waals surface area contributed by atoms with Gasteiger partial charge in [0.15, 0.2) is 0 Å². The van der Waals surface area contributed by atoms with Crippen molar-refractivity contribution in [2.24, 2.45) is 5.41 Å².